The molecule has 38 heavy (non-hydrogen) atoms. The van der Waals surface area contributed by atoms with E-state index in [1.54, 1.807) is 48.5 Å². The topological polar surface area (TPSA) is 197 Å². The SMILES string of the molecule is CC[C@@H](NC(=O)[C@@H](NC(=O)[C@@H](N)C(C)C)C(C)C)C(=O)C(=O)N[C@@H](CC(C)C)C(=O)N[C@H](C(=O)O)C(C)C. The Hall–Kier alpha value is -3.02. The minimum atomic E-state index is -1.21. The van der Waals surface area contributed by atoms with Gasteiger partial charge >= 0.3 is 5.97 Å². The summed E-state index contributed by atoms with van der Waals surface area (Å²) in [4.78, 5) is 75.5. The van der Waals surface area contributed by atoms with E-state index in [1.165, 1.54) is 0 Å². The van der Waals surface area contributed by atoms with Crippen LogP contribution in [-0.2, 0) is 28.8 Å². The van der Waals surface area contributed by atoms with Gasteiger partial charge in [0.1, 0.15) is 18.1 Å². The largest absolute Gasteiger partial charge is 0.480 e. The number of carbonyl (C=O) groups excluding carboxylic acids is 5. The van der Waals surface area contributed by atoms with Gasteiger partial charge < -0.3 is 32.1 Å². The zero-order chi connectivity index (χ0) is 29.9. The molecule has 0 aliphatic carbocycles. The van der Waals surface area contributed by atoms with E-state index in [0.717, 1.165) is 0 Å². The third kappa shape index (κ3) is 11.2. The Balaban J connectivity index is 5.59. The lowest BCUT2D eigenvalue weighted by molar-refractivity contribution is -0.144. The first-order valence-electron chi connectivity index (χ1n) is 13.2. The Morgan fingerprint density at radius 3 is 1.55 bits per heavy atom. The van der Waals surface area contributed by atoms with Crippen molar-refractivity contribution in [2.75, 3.05) is 0 Å². The highest BCUT2D eigenvalue weighted by Gasteiger charge is 2.34. The van der Waals surface area contributed by atoms with Gasteiger partial charge in [-0.3, -0.25) is 24.0 Å². The highest BCUT2D eigenvalue weighted by Crippen LogP contribution is 2.10. The second kappa shape index (κ2) is 16.1. The van der Waals surface area contributed by atoms with Gasteiger partial charge in [-0.25, -0.2) is 4.79 Å². The van der Waals surface area contributed by atoms with Crippen molar-refractivity contribution in [3.05, 3.63) is 0 Å². The molecule has 0 unspecified atom stereocenters. The molecule has 0 aromatic heterocycles. The number of carboxylic acid groups (broad SMARTS) is 1. The first kappa shape index (κ1) is 35.0. The van der Waals surface area contributed by atoms with E-state index < -0.39 is 71.5 Å². The average molecular weight is 542 g/mol. The summed E-state index contributed by atoms with van der Waals surface area (Å²) >= 11 is 0. The summed E-state index contributed by atoms with van der Waals surface area (Å²) < 4.78 is 0. The van der Waals surface area contributed by atoms with Crippen molar-refractivity contribution in [1.29, 1.82) is 0 Å². The molecule has 12 nitrogen and oxygen atoms in total. The van der Waals surface area contributed by atoms with Crippen molar-refractivity contribution >= 4 is 35.4 Å². The summed E-state index contributed by atoms with van der Waals surface area (Å²) in [5.41, 5.74) is 5.88. The van der Waals surface area contributed by atoms with Crippen LogP contribution in [0.15, 0.2) is 0 Å². The molecule has 0 rings (SSSR count). The van der Waals surface area contributed by atoms with Gasteiger partial charge in [-0.15, -0.1) is 0 Å². The third-order valence-electron chi connectivity index (χ3n) is 6.09. The second-order valence-electron chi connectivity index (χ2n) is 11.1. The van der Waals surface area contributed by atoms with E-state index >= 15 is 0 Å². The van der Waals surface area contributed by atoms with Crippen LogP contribution in [0.3, 0.4) is 0 Å². The molecule has 0 aromatic carbocycles. The van der Waals surface area contributed by atoms with Gasteiger partial charge in [0.15, 0.2) is 0 Å². The number of amides is 4. The van der Waals surface area contributed by atoms with Crippen LogP contribution >= 0.6 is 0 Å². The first-order chi connectivity index (χ1) is 17.4. The highest BCUT2D eigenvalue weighted by molar-refractivity contribution is 6.38. The highest BCUT2D eigenvalue weighted by atomic mass is 16.4. The maximum atomic E-state index is 13.0. The van der Waals surface area contributed by atoms with Crippen LogP contribution in [0.5, 0.6) is 0 Å². The fraction of sp³-hybridized carbons (Fsp3) is 0.769. The summed E-state index contributed by atoms with van der Waals surface area (Å²) in [5, 5.41) is 19.3. The van der Waals surface area contributed by atoms with Crippen LogP contribution < -0.4 is 27.0 Å². The third-order valence-corrected chi connectivity index (χ3v) is 6.09. The number of nitrogens with two attached hydrogens (primary N) is 1. The molecule has 0 fully saturated rings. The Bertz CT molecular complexity index is 857. The normalized spacial score (nSPS) is 15.4. The lowest BCUT2D eigenvalue weighted by Gasteiger charge is -2.27. The molecule has 218 valence electrons. The molecule has 0 aliphatic heterocycles. The second-order valence-corrected chi connectivity index (χ2v) is 11.1. The number of carbonyl (C=O) groups is 6. The molecule has 0 aromatic rings. The smallest absolute Gasteiger partial charge is 0.326 e. The Labute approximate surface area is 225 Å². The summed E-state index contributed by atoms with van der Waals surface area (Å²) in [6.07, 6.45) is 0.244. The standard InChI is InChI=1S/C26H47N5O7/c1-10-16(28-24(35)19(14(6)7)30-23(34)18(27)13(4)5)21(32)25(36)29-17(11-12(2)3)22(33)31-20(15(8)9)26(37)38/h12-20H,10-11,27H2,1-9H3,(H,28,35)(H,29,36)(H,30,34)(H,31,33)(H,37,38)/t16-,17+,18+,19+,20+/m1/s1. The minimum absolute atomic E-state index is 0.0576. The predicted molar refractivity (Wildman–Crippen MR) is 143 cm³/mol. The number of hydrogen-bond acceptors (Lipinski definition) is 7. The number of hydrogen-bond donors (Lipinski definition) is 6. The molecular weight excluding hydrogens is 494 g/mol. The van der Waals surface area contributed by atoms with Crippen molar-refractivity contribution in [2.24, 2.45) is 29.4 Å². The van der Waals surface area contributed by atoms with E-state index in [1.807, 2.05) is 13.8 Å². The van der Waals surface area contributed by atoms with Gasteiger partial charge in [0.05, 0.1) is 12.1 Å². The van der Waals surface area contributed by atoms with Crippen molar-refractivity contribution < 1.29 is 33.9 Å². The number of ketones is 1. The van der Waals surface area contributed by atoms with E-state index in [4.69, 9.17) is 5.73 Å². The zero-order valence-corrected chi connectivity index (χ0v) is 24.1. The monoisotopic (exact) mass is 541 g/mol. The molecule has 0 saturated heterocycles. The minimum Gasteiger partial charge on any atom is -0.480 e. The maximum absolute atomic E-state index is 13.0. The van der Waals surface area contributed by atoms with Gasteiger partial charge in [-0.05, 0) is 36.5 Å². The van der Waals surface area contributed by atoms with Crippen molar-refractivity contribution in [2.45, 2.75) is 105 Å². The zero-order valence-electron chi connectivity index (χ0n) is 24.1. The molecule has 5 atom stereocenters. The molecule has 4 amide bonds. The molecule has 0 spiro atoms. The summed E-state index contributed by atoms with van der Waals surface area (Å²) in [6, 6.07) is -5.33. The number of nitrogens with one attached hydrogen (secondary N) is 4. The van der Waals surface area contributed by atoms with E-state index in [-0.39, 0.29) is 30.6 Å². The Morgan fingerprint density at radius 1 is 0.658 bits per heavy atom. The van der Waals surface area contributed by atoms with Crippen LogP contribution in [-0.4, -0.2) is 70.7 Å². The molecular formula is C26H47N5O7. The number of carboxylic acids is 1. The van der Waals surface area contributed by atoms with Crippen LogP contribution in [0.25, 0.3) is 0 Å². The molecule has 0 radical (unpaired) electrons. The van der Waals surface area contributed by atoms with E-state index in [2.05, 4.69) is 21.3 Å². The number of rotatable bonds is 16. The van der Waals surface area contributed by atoms with Crippen LogP contribution in [0, 0.1) is 23.7 Å². The molecule has 0 aliphatic rings. The lowest BCUT2D eigenvalue weighted by Crippen LogP contribution is -2.59. The van der Waals surface area contributed by atoms with Crippen molar-refractivity contribution in [1.82, 2.24) is 21.3 Å². The first-order valence-corrected chi connectivity index (χ1v) is 13.2. The quantitative estimate of drug-likeness (QED) is 0.150. The molecule has 0 bridgehead atoms. The summed E-state index contributed by atoms with van der Waals surface area (Å²) in [7, 11) is 0. The fourth-order valence-electron chi connectivity index (χ4n) is 3.56. The Kier molecular flexibility index (Phi) is 14.8. The maximum Gasteiger partial charge on any atom is 0.326 e. The van der Waals surface area contributed by atoms with Crippen molar-refractivity contribution in [3.63, 3.8) is 0 Å². The number of Topliss-reactive ketones (excluding diaryl/α,β-unsaturated/α-hetero) is 1. The van der Waals surface area contributed by atoms with Crippen LogP contribution in [0.4, 0.5) is 0 Å². The molecule has 0 heterocycles. The average Bonchev–Trinajstić information content (AvgIpc) is 2.81. The lowest BCUT2D eigenvalue weighted by atomic mass is 9.99. The van der Waals surface area contributed by atoms with Gasteiger partial charge in [0.25, 0.3) is 5.91 Å². The predicted octanol–water partition coefficient (Wildman–Crippen LogP) is 0.331. The number of aliphatic carboxylic acids is 1. The van der Waals surface area contributed by atoms with Gasteiger partial charge in [-0.1, -0.05) is 62.3 Å². The summed E-state index contributed by atoms with van der Waals surface area (Å²) in [6.45, 7) is 15.5. The van der Waals surface area contributed by atoms with Gasteiger partial charge in [0.2, 0.25) is 23.5 Å². The van der Waals surface area contributed by atoms with Crippen LogP contribution in [0.2, 0.25) is 0 Å². The van der Waals surface area contributed by atoms with E-state index in [9.17, 15) is 33.9 Å². The Morgan fingerprint density at radius 2 is 1.16 bits per heavy atom. The summed E-state index contributed by atoms with van der Waals surface area (Å²) in [5.74, 6) is -6.07. The van der Waals surface area contributed by atoms with Gasteiger partial charge in [0, 0.05) is 0 Å². The molecule has 12 heteroatoms. The fourth-order valence-corrected chi connectivity index (χ4v) is 3.56. The van der Waals surface area contributed by atoms with Crippen LogP contribution in [0.1, 0.15) is 75.2 Å². The van der Waals surface area contributed by atoms with Crippen molar-refractivity contribution in [3.8, 4) is 0 Å². The molecule has 0 saturated carbocycles. The molecule has 7 N–H and O–H groups in total. The van der Waals surface area contributed by atoms with Gasteiger partial charge in [-0.2, -0.15) is 0 Å². The van der Waals surface area contributed by atoms with E-state index in [0.29, 0.717) is 0 Å².